The van der Waals surface area contributed by atoms with Gasteiger partial charge in [-0.25, -0.2) is 0 Å². The van der Waals surface area contributed by atoms with Crippen molar-refractivity contribution in [3.05, 3.63) is 0 Å². The highest BCUT2D eigenvalue weighted by molar-refractivity contribution is 5.73. The first-order valence-corrected chi connectivity index (χ1v) is 5.34. The molecule has 0 bridgehead atoms. The minimum Gasteiger partial charge on any atom is -0.469 e. The van der Waals surface area contributed by atoms with Crippen LogP contribution in [0.25, 0.3) is 0 Å². The fraction of sp³-hybridized carbons (Fsp3) is 0.900. The number of carbonyl (C=O) groups is 1. The molecular formula is C10H16F3NO3. The summed E-state index contributed by atoms with van der Waals surface area (Å²) in [5.74, 6) is -0.476. The lowest BCUT2D eigenvalue weighted by molar-refractivity contribution is -0.324. The topological polar surface area (TPSA) is 38.8 Å². The Morgan fingerprint density at radius 3 is 2.59 bits per heavy atom. The maximum absolute atomic E-state index is 11.8. The van der Waals surface area contributed by atoms with E-state index in [1.54, 1.807) is 4.90 Å². The van der Waals surface area contributed by atoms with Gasteiger partial charge in [-0.2, -0.15) is 0 Å². The van der Waals surface area contributed by atoms with Crippen LogP contribution in [0.5, 0.6) is 0 Å². The van der Waals surface area contributed by atoms with E-state index in [9.17, 15) is 18.0 Å². The number of halogens is 3. The first kappa shape index (κ1) is 14.2. The fourth-order valence-corrected chi connectivity index (χ4v) is 2.00. The second kappa shape index (κ2) is 5.68. The van der Waals surface area contributed by atoms with E-state index in [-0.39, 0.29) is 24.3 Å². The monoisotopic (exact) mass is 255 g/mol. The van der Waals surface area contributed by atoms with Gasteiger partial charge in [0.05, 0.1) is 19.6 Å². The van der Waals surface area contributed by atoms with Crippen LogP contribution in [0.3, 0.4) is 0 Å². The van der Waals surface area contributed by atoms with Crippen molar-refractivity contribution in [2.75, 3.05) is 33.4 Å². The third-order valence-corrected chi connectivity index (χ3v) is 2.87. The van der Waals surface area contributed by atoms with Gasteiger partial charge < -0.3 is 4.74 Å². The summed E-state index contributed by atoms with van der Waals surface area (Å²) in [6.07, 6.45) is -4.59. The van der Waals surface area contributed by atoms with Crippen molar-refractivity contribution in [2.24, 2.45) is 11.8 Å². The fourth-order valence-electron chi connectivity index (χ4n) is 2.00. The Balaban J connectivity index is 2.32. The summed E-state index contributed by atoms with van der Waals surface area (Å²) in [6.45, 7) is 2.64. The van der Waals surface area contributed by atoms with Crippen molar-refractivity contribution >= 4 is 5.97 Å². The van der Waals surface area contributed by atoms with E-state index in [2.05, 4.69) is 9.47 Å². The van der Waals surface area contributed by atoms with E-state index >= 15 is 0 Å². The molecule has 100 valence electrons. The van der Waals surface area contributed by atoms with Crippen molar-refractivity contribution < 1.29 is 27.4 Å². The molecule has 0 aliphatic carbocycles. The minimum absolute atomic E-state index is 0.0911. The Labute approximate surface area is 97.7 Å². The van der Waals surface area contributed by atoms with Crippen LogP contribution in [0, 0.1) is 11.8 Å². The van der Waals surface area contributed by atoms with E-state index in [0.717, 1.165) is 0 Å². The van der Waals surface area contributed by atoms with Crippen LogP contribution in [-0.2, 0) is 14.3 Å². The summed E-state index contributed by atoms with van der Waals surface area (Å²) in [6, 6.07) is 0. The molecule has 2 atom stereocenters. The SMILES string of the molecule is COC(=O)C1CN(CCOC(F)(F)F)CC1C. The average molecular weight is 255 g/mol. The molecular weight excluding hydrogens is 239 g/mol. The molecule has 0 aromatic heterocycles. The van der Waals surface area contributed by atoms with Crippen LogP contribution >= 0.6 is 0 Å². The van der Waals surface area contributed by atoms with E-state index in [1.807, 2.05) is 6.92 Å². The first-order chi connectivity index (χ1) is 7.83. The molecule has 0 amide bonds. The van der Waals surface area contributed by atoms with Gasteiger partial charge in [-0.1, -0.05) is 6.92 Å². The maximum Gasteiger partial charge on any atom is 0.522 e. The van der Waals surface area contributed by atoms with Gasteiger partial charge in [0.25, 0.3) is 0 Å². The van der Waals surface area contributed by atoms with Crippen LogP contribution in [0.4, 0.5) is 13.2 Å². The lowest BCUT2D eigenvalue weighted by Gasteiger charge is -2.15. The number of ether oxygens (including phenoxy) is 2. The normalized spacial score (nSPS) is 26.2. The molecule has 1 saturated heterocycles. The number of likely N-dealkylation sites (tertiary alicyclic amines) is 1. The maximum atomic E-state index is 11.8. The van der Waals surface area contributed by atoms with E-state index in [0.29, 0.717) is 13.1 Å². The zero-order chi connectivity index (χ0) is 13.1. The molecule has 0 spiro atoms. The summed E-state index contributed by atoms with van der Waals surface area (Å²) >= 11 is 0. The predicted molar refractivity (Wildman–Crippen MR) is 53.1 cm³/mol. The van der Waals surface area contributed by atoms with Gasteiger partial charge in [0.2, 0.25) is 0 Å². The number of methoxy groups -OCH3 is 1. The van der Waals surface area contributed by atoms with Gasteiger partial charge in [-0.15, -0.1) is 13.2 Å². The third kappa shape index (κ3) is 4.51. The summed E-state index contributed by atoms with van der Waals surface area (Å²) in [5, 5.41) is 0. The van der Waals surface area contributed by atoms with E-state index in [4.69, 9.17) is 0 Å². The highest BCUT2D eigenvalue weighted by Gasteiger charge is 2.36. The molecule has 4 nitrogen and oxygen atoms in total. The number of hydrogen-bond acceptors (Lipinski definition) is 4. The highest BCUT2D eigenvalue weighted by Crippen LogP contribution is 2.24. The Hall–Kier alpha value is -0.820. The molecule has 2 unspecified atom stereocenters. The van der Waals surface area contributed by atoms with Crippen LogP contribution < -0.4 is 0 Å². The summed E-state index contributed by atoms with van der Waals surface area (Å²) in [5.41, 5.74) is 0. The molecule has 0 N–H and O–H groups in total. The van der Waals surface area contributed by atoms with Crippen molar-refractivity contribution in [2.45, 2.75) is 13.3 Å². The van der Waals surface area contributed by atoms with E-state index in [1.165, 1.54) is 7.11 Å². The Bertz CT molecular complexity index is 270. The molecule has 1 aliphatic heterocycles. The predicted octanol–water partition coefficient (Wildman–Crippen LogP) is 1.26. The second-order valence-corrected chi connectivity index (χ2v) is 4.16. The van der Waals surface area contributed by atoms with Gasteiger partial charge in [-0.3, -0.25) is 14.4 Å². The Kier molecular flexibility index (Phi) is 4.76. The lowest BCUT2D eigenvalue weighted by atomic mass is 9.99. The number of alkyl halides is 3. The van der Waals surface area contributed by atoms with Crippen molar-refractivity contribution in [3.63, 3.8) is 0 Å². The molecule has 0 aromatic carbocycles. The van der Waals surface area contributed by atoms with Crippen LogP contribution in [0.2, 0.25) is 0 Å². The lowest BCUT2D eigenvalue weighted by Crippen LogP contribution is -2.29. The van der Waals surface area contributed by atoms with Crippen LogP contribution in [-0.4, -0.2) is 50.6 Å². The Morgan fingerprint density at radius 2 is 2.06 bits per heavy atom. The summed E-state index contributed by atoms with van der Waals surface area (Å²) in [7, 11) is 1.31. The van der Waals surface area contributed by atoms with Crippen molar-refractivity contribution in [3.8, 4) is 0 Å². The van der Waals surface area contributed by atoms with Gasteiger partial charge in [0, 0.05) is 19.6 Å². The molecule has 17 heavy (non-hydrogen) atoms. The number of carbonyl (C=O) groups excluding carboxylic acids is 1. The number of rotatable bonds is 4. The van der Waals surface area contributed by atoms with Gasteiger partial charge in [0.15, 0.2) is 0 Å². The molecule has 1 heterocycles. The number of hydrogen-bond donors (Lipinski definition) is 0. The van der Waals surface area contributed by atoms with Crippen LogP contribution in [0.15, 0.2) is 0 Å². The second-order valence-electron chi connectivity index (χ2n) is 4.16. The van der Waals surface area contributed by atoms with Crippen LogP contribution in [0.1, 0.15) is 6.92 Å². The highest BCUT2D eigenvalue weighted by atomic mass is 19.4. The molecule has 7 heteroatoms. The first-order valence-electron chi connectivity index (χ1n) is 5.34. The molecule has 0 radical (unpaired) electrons. The van der Waals surface area contributed by atoms with Crippen molar-refractivity contribution in [1.82, 2.24) is 4.90 Å². The third-order valence-electron chi connectivity index (χ3n) is 2.87. The summed E-state index contributed by atoms with van der Waals surface area (Å²) < 4.78 is 43.6. The number of esters is 1. The molecule has 1 fully saturated rings. The average Bonchev–Trinajstić information content (AvgIpc) is 2.57. The Morgan fingerprint density at radius 1 is 1.41 bits per heavy atom. The van der Waals surface area contributed by atoms with Gasteiger partial charge >= 0.3 is 12.3 Å². The zero-order valence-corrected chi connectivity index (χ0v) is 9.79. The van der Waals surface area contributed by atoms with Gasteiger partial charge in [-0.05, 0) is 5.92 Å². The van der Waals surface area contributed by atoms with Crippen molar-refractivity contribution in [1.29, 1.82) is 0 Å². The molecule has 1 aliphatic rings. The van der Waals surface area contributed by atoms with Gasteiger partial charge in [0.1, 0.15) is 0 Å². The van der Waals surface area contributed by atoms with E-state index < -0.39 is 13.0 Å². The molecule has 1 rings (SSSR count). The quantitative estimate of drug-likeness (QED) is 0.709. The molecule has 0 aromatic rings. The largest absolute Gasteiger partial charge is 0.522 e. The number of nitrogens with zero attached hydrogens (tertiary/aromatic N) is 1. The summed E-state index contributed by atoms with van der Waals surface area (Å²) in [4.78, 5) is 13.1. The smallest absolute Gasteiger partial charge is 0.469 e. The standard InChI is InChI=1S/C10H16F3NO3/c1-7-5-14(3-4-17-10(11,12)13)6-8(7)9(15)16-2/h7-8H,3-6H2,1-2H3. The minimum atomic E-state index is -4.59. The zero-order valence-electron chi connectivity index (χ0n) is 9.79. The molecule has 0 saturated carbocycles.